The molecule has 1 N–H and O–H groups in total. The zero-order chi connectivity index (χ0) is 16.4. The van der Waals surface area contributed by atoms with Gasteiger partial charge in [-0.15, -0.1) is 0 Å². The molecule has 5 nitrogen and oxygen atoms in total. The molecule has 6 heteroatoms. The van der Waals surface area contributed by atoms with Crippen LogP contribution in [0.3, 0.4) is 0 Å². The van der Waals surface area contributed by atoms with E-state index in [2.05, 4.69) is 11.8 Å². The summed E-state index contributed by atoms with van der Waals surface area (Å²) in [7, 11) is -0.311. The van der Waals surface area contributed by atoms with Crippen LogP contribution in [0.25, 0.3) is 0 Å². The quantitative estimate of drug-likeness (QED) is 0.891. The van der Waals surface area contributed by atoms with Gasteiger partial charge in [0.05, 0.1) is 4.90 Å². The molecule has 1 aliphatic heterocycles. The lowest BCUT2D eigenvalue weighted by molar-refractivity contribution is 0.0429. The van der Waals surface area contributed by atoms with E-state index in [0.29, 0.717) is 11.4 Å². The Kier molecular flexibility index (Phi) is 5.27. The van der Waals surface area contributed by atoms with E-state index in [1.165, 1.54) is 4.31 Å². The van der Waals surface area contributed by atoms with Crippen LogP contribution in [0.15, 0.2) is 29.2 Å². The SMILES string of the molecule is CN(C)S(=O)(=O)c1cccc(CN2CCCC(C)(CO)C2)c1. The molecule has 1 aromatic carbocycles. The van der Waals surface area contributed by atoms with Crippen LogP contribution in [0.2, 0.25) is 0 Å². The number of piperidine rings is 1. The highest BCUT2D eigenvalue weighted by Crippen LogP contribution is 2.29. The molecule has 1 aromatic rings. The maximum Gasteiger partial charge on any atom is 0.242 e. The Bertz CT molecular complexity index is 616. The minimum atomic E-state index is -3.39. The van der Waals surface area contributed by atoms with Crippen molar-refractivity contribution in [2.24, 2.45) is 5.41 Å². The second-order valence-electron chi connectivity index (χ2n) is 6.72. The van der Waals surface area contributed by atoms with Crippen LogP contribution in [0.5, 0.6) is 0 Å². The monoisotopic (exact) mass is 326 g/mol. The van der Waals surface area contributed by atoms with Gasteiger partial charge in [0.25, 0.3) is 0 Å². The zero-order valence-electron chi connectivity index (χ0n) is 13.6. The van der Waals surface area contributed by atoms with Crippen LogP contribution in [-0.2, 0) is 16.6 Å². The summed E-state index contributed by atoms with van der Waals surface area (Å²) >= 11 is 0. The summed E-state index contributed by atoms with van der Waals surface area (Å²) in [6.07, 6.45) is 2.10. The van der Waals surface area contributed by atoms with Gasteiger partial charge in [0, 0.05) is 39.2 Å². The Balaban J connectivity index is 2.14. The van der Waals surface area contributed by atoms with Gasteiger partial charge in [0.2, 0.25) is 10.0 Å². The first kappa shape index (κ1) is 17.4. The van der Waals surface area contributed by atoms with Gasteiger partial charge in [-0.1, -0.05) is 19.1 Å². The van der Waals surface area contributed by atoms with Crippen molar-refractivity contribution in [3.8, 4) is 0 Å². The van der Waals surface area contributed by atoms with E-state index in [-0.39, 0.29) is 12.0 Å². The molecule has 0 amide bonds. The third-order valence-corrected chi connectivity index (χ3v) is 6.14. The molecular formula is C16H26N2O3S. The first-order valence-corrected chi connectivity index (χ1v) is 9.06. The van der Waals surface area contributed by atoms with E-state index in [1.54, 1.807) is 32.3 Å². The minimum Gasteiger partial charge on any atom is -0.396 e. The van der Waals surface area contributed by atoms with Crippen LogP contribution in [0, 0.1) is 5.41 Å². The van der Waals surface area contributed by atoms with Gasteiger partial charge in [-0.3, -0.25) is 4.90 Å². The Morgan fingerprint density at radius 1 is 1.36 bits per heavy atom. The number of benzene rings is 1. The summed E-state index contributed by atoms with van der Waals surface area (Å²) in [4.78, 5) is 2.62. The fourth-order valence-electron chi connectivity index (χ4n) is 2.96. The average Bonchev–Trinajstić information content (AvgIpc) is 2.47. The van der Waals surface area contributed by atoms with Crippen molar-refractivity contribution in [2.45, 2.75) is 31.2 Å². The molecule has 1 fully saturated rings. The summed E-state index contributed by atoms with van der Waals surface area (Å²) in [5, 5.41) is 9.53. The Morgan fingerprint density at radius 3 is 2.73 bits per heavy atom. The zero-order valence-corrected chi connectivity index (χ0v) is 14.4. The number of likely N-dealkylation sites (tertiary alicyclic amines) is 1. The first-order chi connectivity index (χ1) is 10.3. The smallest absolute Gasteiger partial charge is 0.242 e. The fraction of sp³-hybridized carbons (Fsp3) is 0.625. The number of aliphatic hydroxyl groups is 1. The van der Waals surface area contributed by atoms with Gasteiger partial charge in [0.1, 0.15) is 0 Å². The van der Waals surface area contributed by atoms with Crippen LogP contribution in [0.1, 0.15) is 25.3 Å². The number of nitrogens with zero attached hydrogens (tertiary/aromatic N) is 2. The number of sulfonamides is 1. The Hall–Kier alpha value is -0.950. The van der Waals surface area contributed by atoms with Gasteiger partial charge < -0.3 is 5.11 Å². The molecule has 2 rings (SSSR count). The summed E-state index contributed by atoms with van der Waals surface area (Å²) in [5.74, 6) is 0. The van der Waals surface area contributed by atoms with Crippen molar-refractivity contribution < 1.29 is 13.5 Å². The van der Waals surface area contributed by atoms with E-state index in [4.69, 9.17) is 0 Å². The standard InChI is InChI=1S/C16H26N2O3S/c1-16(13-19)8-5-9-18(12-16)11-14-6-4-7-15(10-14)22(20,21)17(2)3/h4,6-7,10,19H,5,8-9,11-13H2,1-3H3. The lowest BCUT2D eigenvalue weighted by atomic mass is 9.82. The molecular weight excluding hydrogens is 300 g/mol. The maximum atomic E-state index is 12.2. The molecule has 1 unspecified atom stereocenters. The van der Waals surface area contributed by atoms with E-state index < -0.39 is 10.0 Å². The lowest BCUT2D eigenvalue weighted by Crippen LogP contribution is -2.43. The molecule has 0 bridgehead atoms. The van der Waals surface area contributed by atoms with Crippen LogP contribution >= 0.6 is 0 Å². The third kappa shape index (κ3) is 3.87. The number of hydrogen-bond acceptors (Lipinski definition) is 4. The molecule has 1 aliphatic rings. The molecule has 0 aliphatic carbocycles. The minimum absolute atomic E-state index is 0.0500. The highest BCUT2D eigenvalue weighted by Gasteiger charge is 2.30. The van der Waals surface area contributed by atoms with Crippen molar-refractivity contribution in [3.05, 3.63) is 29.8 Å². The van der Waals surface area contributed by atoms with Gasteiger partial charge >= 0.3 is 0 Å². The Labute approximate surface area is 133 Å². The van der Waals surface area contributed by atoms with Crippen LogP contribution in [0.4, 0.5) is 0 Å². The molecule has 22 heavy (non-hydrogen) atoms. The normalized spacial score (nSPS) is 23.9. The van der Waals surface area contributed by atoms with Crippen molar-refractivity contribution in [3.63, 3.8) is 0 Å². The lowest BCUT2D eigenvalue weighted by Gasteiger charge is -2.39. The second-order valence-corrected chi connectivity index (χ2v) is 8.87. The highest BCUT2D eigenvalue weighted by atomic mass is 32.2. The summed E-state index contributed by atoms with van der Waals surface area (Å²) in [5.41, 5.74) is 0.941. The van der Waals surface area contributed by atoms with Gasteiger partial charge in [-0.25, -0.2) is 12.7 Å². The fourth-order valence-corrected chi connectivity index (χ4v) is 3.94. The largest absolute Gasteiger partial charge is 0.396 e. The number of rotatable bonds is 5. The summed E-state index contributed by atoms with van der Waals surface area (Å²) in [6, 6.07) is 7.13. The highest BCUT2D eigenvalue weighted by molar-refractivity contribution is 7.89. The molecule has 1 saturated heterocycles. The molecule has 1 heterocycles. The van der Waals surface area contributed by atoms with Crippen molar-refractivity contribution in [1.29, 1.82) is 0 Å². The third-order valence-electron chi connectivity index (χ3n) is 4.32. The number of hydrogen-bond donors (Lipinski definition) is 1. The van der Waals surface area contributed by atoms with Gasteiger partial charge in [-0.05, 0) is 37.1 Å². The van der Waals surface area contributed by atoms with Crippen LogP contribution < -0.4 is 0 Å². The predicted octanol–water partition coefficient (Wildman–Crippen LogP) is 1.53. The molecule has 0 saturated carbocycles. The van der Waals surface area contributed by atoms with E-state index >= 15 is 0 Å². The predicted molar refractivity (Wildman–Crippen MR) is 87.0 cm³/mol. The van der Waals surface area contributed by atoms with Gasteiger partial charge in [0.15, 0.2) is 0 Å². The van der Waals surface area contributed by atoms with E-state index in [1.807, 2.05) is 6.07 Å². The molecule has 0 radical (unpaired) electrons. The van der Waals surface area contributed by atoms with Gasteiger partial charge in [-0.2, -0.15) is 0 Å². The first-order valence-electron chi connectivity index (χ1n) is 7.61. The van der Waals surface area contributed by atoms with Crippen LogP contribution in [-0.4, -0.2) is 56.5 Å². The molecule has 0 aromatic heterocycles. The maximum absolute atomic E-state index is 12.2. The molecule has 1 atom stereocenters. The van der Waals surface area contributed by atoms with E-state index in [0.717, 1.165) is 31.5 Å². The van der Waals surface area contributed by atoms with E-state index in [9.17, 15) is 13.5 Å². The van der Waals surface area contributed by atoms with Crippen molar-refractivity contribution in [1.82, 2.24) is 9.21 Å². The number of aliphatic hydroxyl groups excluding tert-OH is 1. The molecule has 124 valence electrons. The Morgan fingerprint density at radius 2 is 2.09 bits per heavy atom. The topological polar surface area (TPSA) is 60.9 Å². The van der Waals surface area contributed by atoms with Crippen molar-refractivity contribution in [2.75, 3.05) is 33.8 Å². The average molecular weight is 326 g/mol. The molecule has 0 spiro atoms. The summed E-state index contributed by atoms with van der Waals surface area (Å²) in [6.45, 7) is 4.84. The summed E-state index contributed by atoms with van der Waals surface area (Å²) < 4.78 is 25.6. The van der Waals surface area contributed by atoms with Crippen molar-refractivity contribution >= 4 is 10.0 Å². The second kappa shape index (κ2) is 6.66.